The van der Waals surface area contributed by atoms with Gasteiger partial charge in [0, 0.05) is 36.4 Å². The van der Waals surface area contributed by atoms with Gasteiger partial charge in [0.2, 0.25) is 0 Å². The maximum absolute atomic E-state index is 13.2. The smallest absolute Gasteiger partial charge is 0.416 e. The highest BCUT2D eigenvalue weighted by Gasteiger charge is 2.35. The first-order valence-electron chi connectivity index (χ1n) is 11.9. The Bertz CT molecular complexity index is 1330. The molecule has 1 fully saturated rings. The number of amides is 1. The van der Waals surface area contributed by atoms with Gasteiger partial charge in [-0.2, -0.15) is 21.6 Å². The van der Waals surface area contributed by atoms with Crippen LogP contribution in [-0.2, 0) is 25.9 Å². The van der Waals surface area contributed by atoms with Crippen LogP contribution in [0.15, 0.2) is 28.7 Å². The number of nitrogens with zero attached hydrogens (tertiary/aromatic N) is 3. The molecule has 1 aromatic heterocycles. The Morgan fingerprint density at radius 2 is 1.87 bits per heavy atom. The van der Waals surface area contributed by atoms with Crippen LogP contribution in [-0.4, -0.2) is 55.1 Å². The van der Waals surface area contributed by atoms with Gasteiger partial charge in [0.15, 0.2) is 6.10 Å². The number of rotatable bonds is 5. The standard InChI is InChI=1S/C24H28F3N3O6S2/c1-23(2,3)34-22(31)30-9-7-14(8-10-30)21-28-18(13-37-21)17-12-19(35-29-17)16-6-5-15(24(25,26)27)11-20(16)36-38(4,32)33/h5-6,11,13-14,19H,7-10,12H2,1-4H3. The summed E-state index contributed by atoms with van der Waals surface area (Å²) in [6.45, 7) is 6.58. The Labute approximate surface area is 222 Å². The molecule has 1 saturated heterocycles. The first-order chi connectivity index (χ1) is 17.6. The minimum absolute atomic E-state index is 0.132. The zero-order valence-corrected chi connectivity index (χ0v) is 22.9. The van der Waals surface area contributed by atoms with Crippen LogP contribution in [0.4, 0.5) is 18.0 Å². The summed E-state index contributed by atoms with van der Waals surface area (Å²) < 4.78 is 73.2. The summed E-state index contributed by atoms with van der Waals surface area (Å²) in [7, 11) is -4.09. The zero-order chi connectivity index (χ0) is 27.9. The van der Waals surface area contributed by atoms with E-state index in [9.17, 15) is 26.4 Å². The Balaban J connectivity index is 1.42. The van der Waals surface area contributed by atoms with Crippen molar-refractivity contribution in [1.29, 1.82) is 0 Å². The summed E-state index contributed by atoms with van der Waals surface area (Å²) in [5.74, 6) is -0.296. The number of hydrogen-bond donors (Lipinski definition) is 0. The fraction of sp³-hybridized carbons (Fsp3) is 0.542. The molecule has 0 aliphatic carbocycles. The largest absolute Gasteiger partial charge is 0.444 e. The van der Waals surface area contributed by atoms with Crippen LogP contribution in [0.1, 0.15) is 73.9 Å². The van der Waals surface area contributed by atoms with Crippen LogP contribution in [0.3, 0.4) is 0 Å². The molecule has 1 aromatic carbocycles. The molecule has 14 heteroatoms. The molecule has 0 bridgehead atoms. The third kappa shape index (κ3) is 6.95. The second-order valence-corrected chi connectivity index (χ2v) is 12.7. The molecular formula is C24H28F3N3O6S2. The molecule has 2 aliphatic rings. The van der Waals surface area contributed by atoms with Crippen molar-refractivity contribution in [2.24, 2.45) is 5.16 Å². The maximum Gasteiger partial charge on any atom is 0.416 e. The van der Waals surface area contributed by atoms with E-state index in [2.05, 4.69) is 5.16 Å². The number of carbonyl (C=O) groups is 1. The molecule has 0 spiro atoms. The van der Waals surface area contributed by atoms with Gasteiger partial charge in [-0.15, -0.1) is 11.3 Å². The number of thiazole rings is 1. The number of alkyl halides is 3. The molecule has 0 radical (unpaired) electrons. The lowest BCUT2D eigenvalue weighted by atomic mass is 9.97. The van der Waals surface area contributed by atoms with Crippen LogP contribution < -0.4 is 4.18 Å². The molecule has 0 saturated carbocycles. The summed E-state index contributed by atoms with van der Waals surface area (Å²) >= 11 is 1.46. The van der Waals surface area contributed by atoms with E-state index in [1.807, 2.05) is 26.2 Å². The van der Waals surface area contributed by atoms with E-state index in [0.29, 0.717) is 30.6 Å². The number of likely N-dealkylation sites (tertiary alicyclic amines) is 1. The summed E-state index contributed by atoms with van der Waals surface area (Å²) in [6, 6.07) is 2.62. The van der Waals surface area contributed by atoms with Gasteiger partial charge in [0.1, 0.15) is 17.1 Å². The first kappa shape index (κ1) is 28.1. The van der Waals surface area contributed by atoms with Crippen molar-refractivity contribution in [2.75, 3.05) is 19.3 Å². The van der Waals surface area contributed by atoms with Crippen molar-refractivity contribution in [2.45, 2.75) is 63.8 Å². The SMILES string of the molecule is CC(C)(C)OC(=O)N1CCC(c2nc(C3=NOC(c4ccc(C(F)(F)F)cc4OS(C)(=O)=O)C3)cs2)CC1. The van der Waals surface area contributed by atoms with Gasteiger partial charge in [-0.1, -0.05) is 11.2 Å². The van der Waals surface area contributed by atoms with Crippen LogP contribution in [0, 0.1) is 0 Å². The van der Waals surface area contributed by atoms with Crippen molar-refractivity contribution in [1.82, 2.24) is 9.88 Å². The number of oxime groups is 1. The highest BCUT2D eigenvalue weighted by molar-refractivity contribution is 7.86. The molecule has 9 nitrogen and oxygen atoms in total. The third-order valence-corrected chi connectivity index (χ3v) is 7.40. The van der Waals surface area contributed by atoms with Crippen LogP contribution in [0.5, 0.6) is 5.75 Å². The lowest BCUT2D eigenvalue weighted by molar-refractivity contribution is -0.137. The Morgan fingerprint density at radius 1 is 1.18 bits per heavy atom. The van der Waals surface area contributed by atoms with Crippen molar-refractivity contribution < 1.29 is 40.1 Å². The van der Waals surface area contributed by atoms with Crippen molar-refractivity contribution in [3.05, 3.63) is 45.4 Å². The monoisotopic (exact) mass is 575 g/mol. The van der Waals surface area contributed by atoms with Gasteiger partial charge in [0.25, 0.3) is 0 Å². The first-order valence-corrected chi connectivity index (χ1v) is 14.6. The zero-order valence-electron chi connectivity index (χ0n) is 21.2. The molecule has 2 aromatic rings. The van der Waals surface area contributed by atoms with Gasteiger partial charge in [-0.05, 0) is 45.7 Å². The van der Waals surface area contributed by atoms with Crippen molar-refractivity contribution >= 4 is 33.3 Å². The van der Waals surface area contributed by atoms with Crippen LogP contribution >= 0.6 is 11.3 Å². The number of halogens is 3. The van der Waals surface area contributed by atoms with Gasteiger partial charge in [-0.3, -0.25) is 0 Å². The topological polar surface area (TPSA) is 107 Å². The van der Waals surface area contributed by atoms with Crippen LogP contribution in [0.2, 0.25) is 0 Å². The molecule has 38 heavy (non-hydrogen) atoms. The van der Waals surface area contributed by atoms with E-state index < -0.39 is 39.3 Å². The summed E-state index contributed by atoms with van der Waals surface area (Å²) in [4.78, 5) is 24.2. The number of carbonyl (C=O) groups excluding carboxylic acids is 1. The fourth-order valence-corrected chi connectivity index (χ4v) is 5.62. The minimum atomic E-state index is -4.67. The second kappa shape index (κ2) is 10.4. The van der Waals surface area contributed by atoms with Crippen molar-refractivity contribution in [3.63, 3.8) is 0 Å². The number of piperidine rings is 1. The fourth-order valence-electron chi connectivity index (χ4n) is 4.15. The molecular weight excluding hydrogens is 547 g/mol. The van der Waals surface area contributed by atoms with E-state index >= 15 is 0 Å². The minimum Gasteiger partial charge on any atom is -0.444 e. The predicted molar refractivity (Wildman–Crippen MR) is 134 cm³/mol. The lowest BCUT2D eigenvalue weighted by Crippen LogP contribution is -2.41. The molecule has 1 amide bonds. The number of benzene rings is 1. The van der Waals surface area contributed by atoms with Gasteiger partial charge < -0.3 is 18.7 Å². The quantitative estimate of drug-likeness (QED) is 0.435. The number of ether oxygens (including phenoxy) is 1. The molecule has 0 N–H and O–H groups in total. The third-order valence-electron chi connectivity index (χ3n) is 5.91. The highest BCUT2D eigenvalue weighted by atomic mass is 32.2. The number of aromatic nitrogens is 1. The average molecular weight is 576 g/mol. The maximum atomic E-state index is 13.2. The van der Waals surface area contributed by atoms with E-state index in [-0.39, 0.29) is 24.0 Å². The predicted octanol–water partition coefficient (Wildman–Crippen LogP) is 5.48. The van der Waals surface area contributed by atoms with E-state index in [4.69, 9.17) is 18.7 Å². The lowest BCUT2D eigenvalue weighted by Gasteiger charge is -2.32. The molecule has 3 heterocycles. The van der Waals surface area contributed by atoms with Gasteiger partial charge in [-0.25, -0.2) is 9.78 Å². The number of hydrogen-bond acceptors (Lipinski definition) is 9. The van der Waals surface area contributed by atoms with E-state index in [1.165, 1.54) is 11.3 Å². The molecule has 208 valence electrons. The van der Waals surface area contributed by atoms with Gasteiger partial charge >= 0.3 is 22.4 Å². The summed E-state index contributed by atoms with van der Waals surface area (Å²) in [6.07, 6.45) is -3.46. The molecule has 2 aliphatic heterocycles. The van der Waals surface area contributed by atoms with Gasteiger partial charge in [0.05, 0.1) is 22.5 Å². The molecule has 4 rings (SSSR count). The molecule has 1 atom stereocenters. The Kier molecular flexibility index (Phi) is 7.67. The Hall–Kier alpha value is -2.87. The normalized spacial score (nSPS) is 19.2. The second-order valence-electron chi connectivity index (χ2n) is 10.2. The van der Waals surface area contributed by atoms with Crippen molar-refractivity contribution in [3.8, 4) is 5.75 Å². The summed E-state index contributed by atoms with van der Waals surface area (Å²) in [5, 5.41) is 6.79. The van der Waals surface area contributed by atoms with E-state index in [1.54, 1.807) is 4.90 Å². The average Bonchev–Trinajstić information content (AvgIpc) is 3.46. The Morgan fingerprint density at radius 3 is 2.47 bits per heavy atom. The highest BCUT2D eigenvalue weighted by Crippen LogP contribution is 2.40. The summed E-state index contributed by atoms with van der Waals surface area (Å²) in [5.41, 5.74) is -0.389. The molecule has 1 unspecified atom stereocenters. The van der Waals surface area contributed by atoms with E-state index in [0.717, 1.165) is 36.2 Å². The van der Waals surface area contributed by atoms with Crippen LogP contribution in [0.25, 0.3) is 0 Å².